The van der Waals surface area contributed by atoms with Crippen molar-refractivity contribution in [1.82, 2.24) is 4.98 Å². The summed E-state index contributed by atoms with van der Waals surface area (Å²) >= 11 is 6.28. The first-order chi connectivity index (χ1) is 10.2. The molecular weight excluding hydrogens is 284 g/mol. The highest BCUT2D eigenvalue weighted by molar-refractivity contribution is 6.35. The van der Waals surface area contributed by atoms with Crippen LogP contribution in [0.2, 0.25) is 5.02 Å². The van der Waals surface area contributed by atoms with E-state index in [1.54, 1.807) is 12.1 Å². The molecule has 0 amide bonds. The quantitative estimate of drug-likeness (QED) is 0.737. The van der Waals surface area contributed by atoms with Crippen LogP contribution in [0.4, 0.5) is 5.82 Å². The van der Waals surface area contributed by atoms with Gasteiger partial charge in [0.25, 0.3) is 0 Å². The molecular formula is C17H15ClN2O. The predicted molar refractivity (Wildman–Crippen MR) is 88.0 cm³/mol. The number of phenols is 1. The third-order valence-corrected chi connectivity index (χ3v) is 3.65. The molecule has 0 saturated carbocycles. The number of phenolic OH excluding ortho intramolecular Hbond substituents is 1. The number of anilines is 1. The molecule has 21 heavy (non-hydrogen) atoms. The molecule has 3 rings (SSSR count). The second kappa shape index (κ2) is 5.62. The molecule has 2 N–H and O–H groups in total. The third kappa shape index (κ3) is 2.52. The molecule has 3 nitrogen and oxygen atoms in total. The molecule has 2 aromatic carbocycles. The minimum Gasteiger partial charge on any atom is -0.507 e. The number of para-hydroxylation sites is 2. The molecule has 0 unspecified atom stereocenters. The third-order valence-electron chi connectivity index (χ3n) is 3.34. The Kier molecular flexibility index (Phi) is 3.67. The Morgan fingerprint density at radius 3 is 2.67 bits per heavy atom. The molecule has 0 aliphatic carbocycles. The van der Waals surface area contributed by atoms with Crippen molar-refractivity contribution in [1.29, 1.82) is 0 Å². The highest BCUT2D eigenvalue weighted by Crippen LogP contribution is 2.37. The molecule has 106 valence electrons. The van der Waals surface area contributed by atoms with Crippen molar-refractivity contribution >= 4 is 28.3 Å². The molecule has 0 bridgehead atoms. The van der Waals surface area contributed by atoms with Gasteiger partial charge in [-0.05, 0) is 30.7 Å². The summed E-state index contributed by atoms with van der Waals surface area (Å²) in [7, 11) is 0. The number of fused-ring (bicyclic) bond motifs is 1. The van der Waals surface area contributed by atoms with Crippen LogP contribution in [-0.4, -0.2) is 16.6 Å². The van der Waals surface area contributed by atoms with Crippen LogP contribution in [0, 0.1) is 0 Å². The maximum absolute atomic E-state index is 10.1. The van der Waals surface area contributed by atoms with Gasteiger partial charge in [-0.2, -0.15) is 0 Å². The fourth-order valence-electron chi connectivity index (χ4n) is 2.41. The summed E-state index contributed by atoms with van der Waals surface area (Å²) in [6.07, 6.45) is 0. The number of aromatic hydroxyl groups is 1. The van der Waals surface area contributed by atoms with Crippen LogP contribution in [0.3, 0.4) is 0 Å². The van der Waals surface area contributed by atoms with Crippen LogP contribution >= 0.6 is 11.6 Å². The number of hydrogen-bond acceptors (Lipinski definition) is 3. The standard InChI is InChI=1S/C17H15ClN2O/c1-2-19-16-10-13(11-6-3-4-9-15(11)21)12-7-5-8-14(18)17(12)20-16/h3-10,21H,2H2,1H3,(H,19,20). The van der Waals surface area contributed by atoms with Crippen LogP contribution in [0.5, 0.6) is 5.75 Å². The van der Waals surface area contributed by atoms with Gasteiger partial charge in [0, 0.05) is 17.5 Å². The molecule has 0 aliphatic heterocycles. The largest absolute Gasteiger partial charge is 0.507 e. The van der Waals surface area contributed by atoms with Gasteiger partial charge in [0.2, 0.25) is 0 Å². The number of nitrogens with one attached hydrogen (secondary N) is 1. The van der Waals surface area contributed by atoms with Crippen LogP contribution in [0.25, 0.3) is 22.0 Å². The Balaban J connectivity index is 2.35. The zero-order valence-corrected chi connectivity index (χ0v) is 12.4. The monoisotopic (exact) mass is 298 g/mol. The first kappa shape index (κ1) is 13.7. The van der Waals surface area contributed by atoms with E-state index in [9.17, 15) is 5.11 Å². The molecule has 0 atom stereocenters. The summed E-state index contributed by atoms with van der Waals surface area (Å²) in [5.74, 6) is 0.990. The molecule has 0 radical (unpaired) electrons. The van der Waals surface area contributed by atoms with E-state index in [0.717, 1.165) is 34.4 Å². The number of aromatic nitrogens is 1. The molecule has 0 saturated heterocycles. The number of benzene rings is 2. The van der Waals surface area contributed by atoms with E-state index >= 15 is 0 Å². The van der Waals surface area contributed by atoms with Gasteiger partial charge in [-0.1, -0.05) is 41.9 Å². The van der Waals surface area contributed by atoms with Crippen LogP contribution in [-0.2, 0) is 0 Å². The summed E-state index contributed by atoms with van der Waals surface area (Å²) in [6, 6.07) is 14.9. The number of halogens is 1. The maximum Gasteiger partial charge on any atom is 0.127 e. The lowest BCUT2D eigenvalue weighted by Gasteiger charge is -2.12. The minimum atomic E-state index is 0.243. The zero-order chi connectivity index (χ0) is 14.8. The van der Waals surface area contributed by atoms with Gasteiger partial charge >= 0.3 is 0 Å². The van der Waals surface area contributed by atoms with E-state index in [2.05, 4.69) is 10.3 Å². The lowest BCUT2D eigenvalue weighted by molar-refractivity contribution is 0.477. The van der Waals surface area contributed by atoms with E-state index in [0.29, 0.717) is 5.02 Å². The lowest BCUT2D eigenvalue weighted by Crippen LogP contribution is -2.00. The Morgan fingerprint density at radius 2 is 1.90 bits per heavy atom. The topological polar surface area (TPSA) is 45.1 Å². The molecule has 0 spiro atoms. The van der Waals surface area contributed by atoms with Crippen LogP contribution < -0.4 is 5.32 Å². The zero-order valence-electron chi connectivity index (χ0n) is 11.6. The summed E-state index contributed by atoms with van der Waals surface area (Å²) in [5, 5.41) is 14.9. The number of pyridine rings is 1. The van der Waals surface area contributed by atoms with E-state index in [-0.39, 0.29) is 5.75 Å². The summed E-state index contributed by atoms with van der Waals surface area (Å²) < 4.78 is 0. The second-order valence-corrected chi connectivity index (χ2v) is 5.15. The number of hydrogen-bond donors (Lipinski definition) is 2. The normalized spacial score (nSPS) is 10.8. The molecule has 1 aromatic heterocycles. The fraction of sp³-hybridized carbons (Fsp3) is 0.118. The van der Waals surface area contributed by atoms with Crippen molar-refractivity contribution < 1.29 is 5.11 Å². The lowest BCUT2D eigenvalue weighted by atomic mass is 10.00. The van der Waals surface area contributed by atoms with E-state index in [1.807, 2.05) is 43.3 Å². The van der Waals surface area contributed by atoms with Gasteiger partial charge < -0.3 is 10.4 Å². The molecule has 1 heterocycles. The van der Waals surface area contributed by atoms with E-state index in [4.69, 9.17) is 11.6 Å². The average molecular weight is 299 g/mol. The van der Waals surface area contributed by atoms with Crippen molar-refractivity contribution in [2.24, 2.45) is 0 Å². The van der Waals surface area contributed by atoms with Gasteiger partial charge in [-0.3, -0.25) is 0 Å². The second-order valence-electron chi connectivity index (χ2n) is 4.74. The van der Waals surface area contributed by atoms with Crippen molar-refractivity contribution in [3.8, 4) is 16.9 Å². The van der Waals surface area contributed by atoms with Crippen LogP contribution in [0.15, 0.2) is 48.5 Å². The Morgan fingerprint density at radius 1 is 1.10 bits per heavy atom. The van der Waals surface area contributed by atoms with Crippen molar-refractivity contribution in [3.63, 3.8) is 0 Å². The van der Waals surface area contributed by atoms with E-state index < -0.39 is 0 Å². The summed E-state index contributed by atoms with van der Waals surface area (Å²) in [4.78, 5) is 4.56. The van der Waals surface area contributed by atoms with Gasteiger partial charge in [0.15, 0.2) is 0 Å². The number of rotatable bonds is 3. The van der Waals surface area contributed by atoms with Gasteiger partial charge in [0.1, 0.15) is 11.6 Å². The van der Waals surface area contributed by atoms with E-state index in [1.165, 1.54) is 0 Å². The summed E-state index contributed by atoms with van der Waals surface area (Å²) in [5.41, 5.74) is 2.42. The van der Waals surface area contributed by atoms with Crippen molar-refractivity contribution in [2.75, 3.05) is 11.9 Å². The average Bonchev–Trinajstić information content (AvgIpc) is 2.48. The Hall–Kier alpha value is -2.26. The molecule has 4 heteroatoms. The number of nitrogens with zero attached hydrogens (tertiary/aromatic N) is 1. The summed E-state index contributed by atoms with van der Waals surface area (Å²) in [6.45, 7) is 2.78. The van der Waals surface area contributed by atoms with Gasteiger partial charge in [-0.25, -0.2) is 4.98 Å². The molecule has 3 aromatic rings. The predicted octanol–water partition coefficient (Wildman–Crippen LogP) is 4.69. The minimum absolute atomic E-state index is 0.243. The smallest absolute Gasteiger partial charge is 0.127 e. The fourth-order valence-corrected chi connectivity index (χ4v) is 2.63. The molecule has 0 fully saturated rings. The Labute approximate surface area is 128 Å². The first-order valence-corrected chi connectivity index (χ1v) is 7.20. The van der Waals surface area contributed by atoms with Crippen molar-refractivity contribution in [2.45, 2.75) is 6.92 Å². The highest BCUT2D eigenvalue weighted by Gasteiger charge is 2.12. The van der Waals surface area contributed by atoms with Crippen LogP contribution in [0.1, 0.15) is 6.92 Å². The first-order valence-electron chi connectivity index (χ1n) is 6.82. The van der Waals surface area contributed by atoms with Gasteiger partial charge in [0.05, 0.1) is 10.5 Å². The molecule has 0 aliphatic rings. The highest BCUT2D eigenvalue weighted by atomic mass is 35.5. The maximum atomic E-state index is 10.1. The SMILES string of the molecule is CCNc1cc(-c2ccccc2O)c2cccc(Cl)c2n1. The van der Waals surface area contributed by atoms with Crippen molar-refractivity contribution in [3.05, 3.63) is 53.6 Å². The Bertz CT molecular complexity index is 802. The van der Waals surface area contributed by atoms with Gasteiger partial charge in [-0.15, -0.1) is 0 Å².